The maximum atomic E-state index is 13.1. The molecule has 0 aliphatic carbocycles. The summed E-state index contributed by atoms with van der Waals surface area (Å²) in [4.78, 5) is 26.4. The smallest absolute Gasteiger partial charge is 0.269 e. The predicted molar refractivity (Wildman–Crippen MR) is 103 cm³/mol. The number of hydrogen-bond donors (Lipinski definition) is 2. The summed E-state index contributed by atoms with van der Waals surface area (Å²) in [7, 11) is 0. The highest BCUT2D eigenvalue weighted by Crippen LogP contribution is 2.31. The Bertz CT molecular complexity index is 989. The summed E-state index contributed by atoms with van der Waals surface area (Å²) in [6, 6.07) is 15.7. The lowest BCUT2D eigenvalue weighted by Crippen LogP contribution is -2.39. The summed E-state index contributed by atoms with van der Waals surface area (Å²) in [5, 5.41) is 9.11. The van der Waals surface area contributed by atoms with Gasteiger partial charge in [0.05, 0.1) is 18.2 Å². The number of nitrogens with one attached hydrogen (secondary N) is 1. The Labute approximate surface area is 157 Å². The monoisotopic (exact) mass is 362 g/mol. The van der Waals surface area contributed by atoms with Crippen molar-refractivity contribution in [2.75, 3.05) is 6.54 Å². The van der Waals surface area contributed by atoms with Crippen molar-refractivity contribution in [3.05, 3.63) is 65.5 Å². The van der Waals surface area contributed by atoms with Gasteiger partial charge in [-0.2, -0.15) is 5.10 Å². The van der Waals surface area contributed by atoms with Crippen LogP contribution in [0, 0.1) is 0 Å². The Morgan fingerprint density at radius 2 is 1.96 bits per heavy atom. The second-order valence-corrected chi connectivity index (χ2v) is 6.99. The maximum Gasteiger partial charge on any atom is 0.269 e. The van der Waals surface area contributed by atoms with Crippen molar-refractivity contribution in [2.45, 2.75) is 31.7 Å². The molecule has 6 heteroatoms. The van der Waals surface area contributed by atoms with E-state index in [1.165, 1.54) is 0 Å². The zero-order chi connectivity index (χ0) is 18.8. The average Bonchev–Trinajstić information content (AvgIpc) is 3.19. The number of piperidine rings is 1. The van der Waals surface area contributed by atoms with Crippen LogP contribution in [0.2, 0.25) is 0 Å². The molecular formula is C21H22N4O2. The fraction of sp³-hybridized carbons (Fsp3) is 0.286. The number of primary amides is 1. The van der Waals surface area contributed by atoms with Gasteiger partial charge in [-0.05, 0) is 41.7 Å². The lowest BCUT2D eigenvalue weighted by Gasteiger charge is -2.35. The van der Waals surface area contributed by atoms with Crippen molar-refractivity contribution in [3.8, 4) is 0 Å². The molecule has 3 aromatic rings. The molecule has 0 spiro atoms. The minimum absolute atomic E-state index is 0.0891. The zero-order valence-corrected chi connectivity index (χ0v) is 15.0. The molecule has 1 aromatic heterocycles. The topological polar surface area (TPSA) is 92.1 Å². The normalized spacial score (nSPS) is 17.2. The van der Waals surface area contributed by atoms with Gasteiger partial charge in [-0.1, -0.05) is 42.5 Å². The van der Waals surface area contributed by atoms with Crippen molar-refractivity contribution in [1.82, 2.24) is 15.1 Å². The summed E-state index contributed by atoms with van der Waals surface area (Å²) in [6.07, 6.45) is 3.22. The van der Waals surface area contributed by atoms with Crippen LogP contribution in [0.15, 0.2) is 48.5 Å². The van der Waals surface area contributed by atoms with E-state index in [0.29, 0.717) is 13.0 Å². The van der Waals surface area contributed by atoms with Gasteiger partial charge >= 0.3 is 0 Å². The van der Waals surface area contributed by atoms with Crippen molar-refractivity contribution >= 4 is 22.6 Å². The number of carbonyl (C=O) groups is 2. The molecule has 138 valence electrons. The van der Waals surface area contributed by atoms with Gasteiger partial charge in [0.2, 0.25) is 5.91 Å². The molecule has 1 unspecified atom stereocenters. The highest BCUT2D eigenvalue weighted by atomic mass is 16.2. The molecule has 1 aliphatic heterocycles. The summed E-state index contributed by atoms with van der Waals surface area (Å²) in [5.41, 5.74) is 7.31. The fourth-order valence-electron chi connectivity index (χ4n) is 3.90. The van der Waals surface area contributed by atoms with Gasteiger partial charge in [0.15, 0.2) is 0 Å². The maximum absolute atomic E-state index is 13.1. The molecule has 1 atom stereocenters. The van der Waals surface area contributed by atoms with Crippen LogP contribution in [0.4, 0.5) is 0 Å². The van der Waals surface area contributed by atoms with E-state index in [9.17, 15) is 9.59 Å². The Kier molecular flexibility index (Phi) is 4.62. The van der Waals surface area contributed by atoms with Gasteiger partial charge in [0, 0.05) is 6.54 Å². The number of hydrogen-bond acceptors (Lipinski definition) is 3. The van der Waals surface area contributed by atoms with E-state index in [4.69, 9.17) is 5.73 Å². The largest absolute Gasteiger partial charge is 0.364 e. The molecule has 1 aliphatic rings. The molecule has 0 bridgehead atoms. The molecular weight excluding hydrogens is 340 g/mol. The van der Waals surface area contributed by atoms with Crippen molar-refractivity contribution in [2.24, 2.45) is 5.73 Å². The molecule has 6 nitrogen and oxygen atoms in total. The number of rotatable bonds is 4. The first kappa shape index (κ1) is 17.3. The van der Waals surface area contributed by atoms with Gasteiger partial charge in [-0.3, -0.25) is 14.7 Å². The van der Waals surface area contributed by atoms with Gasteiger partial charge < -0.3 is 10.6 Å². The third-order valence-corrected chi connectivity index (χ3v) is 5.25. The molecule has 1 saturated heterocycles. The predicted octanol–water partition coefficient (Wildman–Crippen LogP) is 2.96. The molecule has 2 heterocycles. The first-order valence-corrected chi connectivity index (χ1v) is 9.24. The lowest BCUT2D eigenvalue weighted by molar-refractivity contribution is -0.134. The van der Waals surface area contributed by atoms with E-state index in [-0.39, 0.29) is 17.6 Å². The first-order chi connectivity index (χ1) is 13.1. The highest BCUT2D eigenvalue weighted by Gasteiger charge is 2.29. The Morgan fingerprint density at radius 3 is 2.78 bits per heavy atom. The number of benzene rings is 2. The molecule has 4 rings (SSSR count). The second-order valence-electron chi connectivity index (χ2n) is 6.99. The van der Waals surface area contributed by atoms with Gasteiger partial charge in [-0.25, -0.2) is 0 Å². The number of fused-ring (bicyclic) bond motifs is 1. The van der Waals surface area contributed by atoms with Crippen molar-refractivity contribution in [3.63, 3.8) is 0 Å². The Hall–Kier alpha value is -3.15. The standard InChI is InChI=1S/C21H22N4O2/c22-21(27)18-13-17(23-24-18)19-10-3-4-11-25(19)20(26)12-15-8-5-7-14-6-1-2-9-16(14)15/h1-2,5-9,13,19H,3-4,10-12H2,(H2,22,27)(H,23,24). The van der Waals surface area contributed by atoms with E-state index in [1.54, 1.807) is 6.07 Å². The number of amides is 2. The van der Waals surface area contributed by atoms with Gasteiger partial charge in [0.25, 0.3) is 5.91 Å². The number of aromatic nitrogens is 2. The lowest BCUT2D eigenvalue weighted by atomic mass is 9.97. The molecule has 0 radical (unpaired) electrons. The molecule has 27 heavy (non-hydrogen) atoms. The molecule has 1 fully saturated rings. The number of aromatic amines is 1. The fourth-order valence-corrected chi connectivity index (χ4v) is 3.90. The minimum Gasteiger partial charge on any atom is -0.364 e. The van der Waals surface area contributed by atoms with E-state index in [0.717, 1.165) is 41.3 Å². The first-order valence-electron chi connectivity index (χ1n) is 9.24. The molecule has 2 amide bonds. The van der Waals surface area contributed by atoms with Crippen LogP contribution >= 0.6 is 0 Å². The molecule has 0 saturated carbocycles. The van der Waals surface area contributed by atoms with Crippen molar-refractivity contribution in [1.29, 1.82) is 0 Å². The second kappa shape index (κ2) is 7.23. The number of H-pyrrole nitrogens is 1. The van der Waals surface area contributed by atoms with Gasteiger partial charge in [-0.15, -0.1) is 0 Å². The van der Waals surface area contributed by atoms with E-state index < -0.39 is 5.91 Å². The van der Waals surface area contributed by atoms with Crippen LogP contribution in [0.3, 0.4) is 0 Å². The quantitative estimate of drug-likeness (QED) is 0.747. The molecule has 2 aromatic carbocycles. The number of nitrogens with two attached hydrogens (primary N) is 1. The third-order valence-electron chi connectivity index (χ3n) is 5.25. The summed E-state index contributed by atoms with van der Waals surface area (Å²) in [5.74, 6) is -0.479. The van der Waals surface area contributed by atoms with Crippen LogP contribution < -0.4 is 5.73 Å². The van der Waals surface area contributed by atoms with Crippen molar-refractivity contribution < 1.29 is 9.59 Å². The van der Waals surface area contributed by atoms with Crippen LogP contribution in [0.25, 0.3) is 10.8 Å². The van der Waals surface area contributed by atoms with Crippen LogP contribution in [0.1, 0.15) is 47.1 Å². The number of nitrogens with zero attached hydrogens (tertiary/aromatic N) is 2. The SMILES string of the molecule is NC(=O)c1cc(C2CCCCN2C(=O)Cc2cccc3ccccc23)[nH]n1. The summed E-state index contributed by atoms with van der Waals surface area (Å²) in [6.45, 7) is 0.708. The Morgan fingerprint density at radius 1 is 1.15 bits per heavy atom. The van der Waals surface area contributed by atoms with Crippen LogP contribution in [0.5, 0.6) is 0 Å². The van der Waals surface area contributed by atoms with Crippen LogP contribution in [-0.2, 0) is 11.2 Å². The number of likely N-dealkylation sites (tertiary alicyclic amines) is 1. The highest BCUT2D eigenvalue weighted by molar-refractivity contribution is 5.91. The van der Waals surface area contributed by atoms with E-state index in [2.05, 4.69) is 28.4 Å². The van der Waals surface area contributed by atoms with Crippen LogP contribution in [-0.4, -0.2) is 33.5 Å². The summed E-state index contributed by atoms with van der Waals surface area (Å²) < 4.78 is 0. The molecule has 3 N–H and O–H groups in total. The minimum atomic E-state index is -0.568. The summed E-state index contributed by atoms with van der Waals surface area (Å²) >= 11 is 0. The Balaban J connectivity index is 1.59. The van der Waals surface area contributed by atoms with Gasteiger partial charge in [0.1, 0.15) is 5.69 Å². The van der Waals surface area contributed by atoms with E-state index in [1.807, 2.05) is 29.2 Å². The van der Waals surface area contributed by atoms with E-state index >= 15 is 0 Å². The number of carbonyl (C=O) groups excluding carboxylic acids is 2. The average molecular weight is 362 g/mol. The zero-order valence-electron chi connectivity index (χ0n) is 15.0. The third kappa shape index (κ3) is 3.43.